The minimum Gasteiger partial charge on any atom is -0.492 e. The van der Waals surface area contributed by atoms with E-state index in [1.807, 2.05) is 24.3 Å². The summed E-state index contributed by atoms with van der Waals surface area (Å²) in [7, 11) is 0. The molecule has 0 aromatic heterocycles. The highest BCUT2D eigenvalue weighted by atomic mass is 16.6. The van der Waals surface area contributed by atoms with Crippen molar-refractivity contribution in [1.82, 2.24) is 10.2 Å². The van der Waals surface area contributed by atoms with E-state index in [1.54, 1.807) is 4.90 Å². The fraction of sp³-hybridized carbons (Fsp3) is 0.480. The van der Waals surface area contributed by atoms with Crippen molar-refractivity contribution in [2.75, 3.05) is 44.3 Å². The molecule has 2 heterocycles. The predicted octanol–water partition coefficient (Wildman–Crippen LogP) is 3.63. The number of nitrogens with one attached hydrogen (secondary N) is 1. The molecular formula is C25H31N3O3. The molecule has 6 heteroatoms. The summed E-state index contributed by atoms with van der Waals surface area (Å²) < 4.78 is 10.9. The van der Waals surface area contributed by atoms with E-state index in [4.69, 9.17) is 9.47 Å². The summed E-state index contributed by atoms with van der Waals surface area (Å²) >= 11 is 0. The molecule has 0 bridgehead atoms. The molecule has 164 valence electrons. The molecule has 0 radical (unpaired) electrons. The largest absolute Gasteiger partial charge is 0.492 e. The lowest BCUT2D eigenvalue weighted by Crippen LogP contribution is -2.44. The average Bonchev–Trinajstić information content (AvgIpc) is 3.45. The minimum atomic E-state index is -0.274. The fourth-order valence-electron chi connectivity index (χ4n) is 4.72. The van der Waals surface area contributed by atoms with Gasteiger partial charge in [-0.1, -0.05) is 30.3 Å². The van der Waals surface area contributed by atoms with Gasteiger partial charge in [0.1, 0.15) is 19.0 Å². The third-order valence-corrected chi connectivity index (χ3v) is 6.64. The number of likely N-dealkylation sites (tertiary alicyclic amines) is 1. The number of ether oxygens (including phenoxy) is 2. The highest BCUT2D eigenvalue weighted by Crippen LogP contribution is 2.41. The van der Waals surface area contributed by atoms with E-state index >= 15 is 0 Å². The van der Waals surface area contributed by atoms with Gasteiger partial charge in [-0.2, -0.15) is 0 Å². The van der Waals surface area contributed by atoms with Crippen LogP contribution in [0.1, 0.15) is 30.7 Å². The standard InChI is InChI=1S/C25H31N3O3/c29-25-28(15-17-31-25)21-6-8-22(9-7-21)30-16-14-27-12-10-20(11-13-27)26-24-18-23(24)19-4-2-1-3-5-19/h1-9,20,23-24,26H,10-18H2/t23-,24+/m0/s1. The first kappa shape index (κ1) is 20.3. The van der Waals surface area contributed by atoms with Gasteiger partial charge in [0.15, 0.2) is 0 Å². The summed E-state index contributed by atoms with van der Waals surface area (Å²) in [4.78, 5) is 15.8. The Balaban J connectivity index is 0.992. The van der Waals surface area contributed by atoms with Gasteiger partial charge in [-0.25, -0.2) is 4.79 Å². The van der Waals surface area contributed by atoms with Crippen LogP contribution in [0.2, 0.25) is 0 Å². The summed E-state index contributed by atoms with van der Waals surface area (Å²) in [5, 5.41) is 3.88. The maximum atomic E-state index is 11.6. The normalized spacial score (nSPS) is 24.3. The zero-order chi connectivity index (χ0) is 21.0. The summed E-state index contributed by atoms with van der Waals surface area (Å²) in [5.41, 5.74) is 2.33. The van der Waals surface area contributed by atoms with Gasteiger partial charge in [0.25, 0.3) is 0 Å². The second-order valence-electron chi connectivity index (χ2n) is 8.75. The smallest absolute Gasteiger partial charge is 0.414 e. The molecule has 2 aromatic carbocycles. The van der Waals surface area contributed by atoms with Gasteiger partial charge in [0.2, 0.25) is 0 Å². The van der Waals surface area contributed by atoms with Crippen molar-refractivity contribution < 1.29 is 14.3 Å². The van der Waals surface area contributed by atoms with Gasteiger partial charge < -0.3 is 14.8 Å². The van der Waals surface area contributed by atoms with Crippen molar-refractivity contribution in [2.24, 2.45) is 0 Å². The van der Waals surface area contributed by atoms with Crippen LogP contribution in [0, 0.1) is 0 Å². The molecule has 1 amide bonds. The van der Waals surface area contributed by atoms with E-state index in [9.17, 15) is 4.79 Å². The average molecular weight is 422 g/mol. The zero-order valence-electron chi connectivity index (χ0n) is 17.9. The molecule has 2 aromatic rings. The number of hydrogen-bond donors (Lipinski definition) is 1. The quantitative estimate of drug-likeness (QED) is 0.705. The van der Waals surface area contributed by atoms with Crippen LogP contribution in [0.15, 0.2) is 54.6 Å². The lowest BCUT2D eigenvalue weighted by molar-refractivity contribution is 0.164. The van der Waals surface area contributed by atoms with Gasteiger partial charge in [-0.3, -0.25) is 9.80 Å². The summed E-state index contributed by atoms with van der Waals surface area (Å²) in [6, 6.07) is 19.9. The number of hydrogen-bond acceptors (Lipinski definition) is 5. The Bertz CT molecular complexity index is 865. The van der Waals surface area contributed by atoms with Crippen molar-refractivity contribution in [1.29, 1.82) is 0 Å². The molecular weight excluding hydrogens is 390 g/mol. The van der Waals surface area contributed by atoms with Crippen LogP contribution in [-0.2, 0) is 4.74 Å². The number of rotatable bonds is 8. The van der Waals surface area contributed by atoms with Crippen molar-refractivity contribution in [3.63, 3.8) is 0 Å². The van der Waals surface area contributed by atoms with Crippen LogP contribution in [0.5, 0.6) is 5.75 Å². The van der Waals surface area contributed by atoms with E-state index in [-0.39, 0.29) is 6.09 Å². The highest BCUT2D eigenvalue weighted by Gasteiger charge is 2.39. The molecule has 1 saturated carbocycles. The van der Waals surface area contributed by atoms with Crippen molar-refractivity contribution in [3.05, 3.63) is 60.2 Å². The molecule has 6 nitrogen and oxygen atoms in total. The number of carbonyl (C=O) groups excluding carboxylic acids is 1. The van der Waals surface area contributed by atoms with E-state index in [0.29, 0.717) is 37.8 Å². The molecule has 2 aliphatic heterocycles. The number of cyclic esters (lactones) is 1. The summed E-state index contributed by atoms with van der Waals surface area (Å²) in [5.74, 6) is 1.55. The van der Waals surface area contributed by atoms with E-state index in [2.05, 4.69) is 40.5 Å². The van der Waals surface area contributed by atoms with Gasteiger partial charge in [-0.15, -0.1) is 0 Å². The molecule has 2 saturated heterocycles. The summed E-state index contributed by atoms with van der Waals surface area (Å²) in [6.07, 6.45) is 3.41. The lowest BCUT2D eigenvalue weighted by Gasteiger charge is -2.32. The molecule has 2 atom stereocenters. The van der Waals surface area contributed by atoms with E-state index < -0.39 is 0 Å². The third kappa shape index (κ3) is 5.02. The molecule has 1 aliphatic carbocycles. The molecule has 5 rings (SSSR count). The maximum absolute atomic E-state index is 11.6. The van der Waals surface area contributed by atoms with Crippen LogP contribution in [0.4, 0.5) is 10.5 Å². The Morgan fingerprint density at radius 2 is 1.77 bits per heavy atom. The van der Waals surface area contributed by atoms with Gasteiger partial charge in [0.05, 0.1) is 6.54 Å². The van der Waals surface area contributed by atoms with Gasteiger partial charge in [-0.05, 0) is 62.2 Å². The molecule has 0 spiro atoms. The second-order valence-corrected chi connectivity index (χ2v) is 8.75. The van der Waals surface area contributed by atoms with Crippen LogP contribution in [0.25, 0.3) is 0 Å². The first-order valence-electron chi connectivity index (χ1n) is 11.5. The number of amides is 1. The number of anilines is 1. The number of piperidine rings is 1. The first-order valence-corrected chi connectivity index (χ1v) is 11.5. The van der Waals surface area contributed by atoms with Crippen LogP contribution in [0.3, 0.4) is 0 Å². The van der Waals surface area contributed by atoms with Crippen LogP contribution in [-0.4, -0.2) is 62.5 Å². The lowest BCUT2D eigenvalue weighted by atomic mass is 10.0. The molecule has 0 unspecified atom stereocenters. The molecule has 1 N–H and O–H groups in total. The number of benzene rings is 2. The summed E-state index contributed by atoms with van der Waals surface area (Å²) in [6.45, 7) is 4.94. The Morgan fingerprint density at radius 1 is 1.00 bits per heavy atom. The monoisotopic (exact) mass is 421 g/mol. The SMILES string of the molecule is O=C1OCCN1c1ccc(OCCN2CCC(N[C@@H]3C[C@H]3c3ccccc3)CC2)cc1. The van der Waals surface area contributed by atoms with E-state index in [0.717, 1.165) is 31.1 Å². The van der Waals surface area contributed by atoms with Crippen molar-refractivity contribution in [2.45, 2.75) is 37.3 Å². The Morgan fingerprint density at radius 3 is 2.48 bits per heavy atom. The maximum Gasteiger partial charge on any atom is 0.414 e. The Hall–Kier alpha value is -2.57. The topological polar surface area (TPSA) is 54.0 Å². The predicted molar refractivity (Wildman–Crippen MR) is 121 cm³/mol. The Labute approximate surface area is 184 Å². The van der Waals surface area contributed by atoms with Crippen molar-refractivity contribution >= 4 is 11.8 Å². The zero-order valence-corrected chi connectivity index (χ0v) is 17.9. The number of carbonyl (C=O) groups is 1. The van der Waals surface area contributed by atoms with Gasteiger partial charge in [0, 0.05) is 30.2 Å². The fourth-order valence-corrected chi connectivity index (χ4v) is 4.72. The Kier molecular flexibility index (Phi) is 6.09. The molecule has 3 aliphatic rings. The van der Waals surface area contributed by atoms with Crippen LogP contribution < -0.4 is 15.0 Å². The molecule has 3 fully saturated rings. The minimum absolute atomic E-state index is 0.274. The third-order valence-electron chi connectivity index (χ3n) is 6.64. The van der Waals surface area contributed by atoms with E-state index in [1.165, 1.54) is 24.8 Å². The second kappa shape index (κ2) is 9.28. The number of nitrogens with zero attached hydrogens (tertiary/aromatic N) is 2. The first-order chi connectivity index (χ1) is 15.3. The van der Waals surface area contributed by atoms with Crippen LogP contribution >= 0.6 is 0 Å². The highest BCUT2D eigenvalue weighted by molar-refractivity contribution is 5.89. The molecule has 31 heavy (non-hydrogen) atoms. The van der Waals surface area contributed by atoms with Crippen molar-refractivity contribution in [3.8, 4) is 5.75 Å². The van der Waals surface area contributed by atoms with Gasteiger partial charge >= 0.3 is 6.09 Å².